The lowest BCUT2D eigenvalue weighted by molar-refractivity contribution is 0.0404. The first-order valence-electron chi connectivity index (χ1n) is 6.26. The van der Waals surface area contributed by atoms with E-state index in [2.05, 4.69) is 39.5 Å². The second kappa shape index (κ2) is 6.58. The SMILES string of the molecule is CCC(C)(C)CC(C)(C)N(CCO)CCO. The fourth-order valence-electron chi connectivity index (χ4n) is 2.37. The molecule has 3 heteroatoms. The summed E-state index contributed by atoms with van der Waals surface area (Å²) >= 11 is 0. The van der Waals surface area contributed by atoms with Crippen molar-refractivity contribution in [3.05, 3.63) is 0 Å². The van der Waals surface area contributed by atoms with Gasteiger partial charge in [-0.15, -0.1) is 0 Å². The minimum atomic E-state index is 0.0188. The van der Waals surface area contributed by atoms with Crippen molar-refractivity contribution in [2.75, 3.05) is 26.3 Å². The highest BCUT2D eigenvalue weighted by Gasteiger charge is 2.32. The van der Waals surface area contributed by atoms with Crippen LogP contribution in [0.5, 0.6) is 0 Å². The van der Waals surface area contributed by atoms with E-state index in [1.807, 2.05) is 0 Å². The number of rotatable bonds is 8. The Hall–Kier alpha value is -0.120. The van der Waals surface area contributed by atoms with E-state index in [9.17, 15) is 0 Å². The van der Waals surface area contributed by atoms with Crippen LogP contribution in [0, 0.1) is 5.41 Å². The van der Waals surface area contributed by atoms with Gasteiger partial charge in [0, 0.05) is 18.6 Å². The van der Waals surface area contributed by atoms with Crippen LogP contribution in [-0.2, 0) is 0 Å². The van der Waals surface area contributed by atoms with Crippen molar-refractivity contribution in [3.63, 3.8) is 0 Å². The van der Waals surface area contributed by atoms with E-state index in [0.29, 0.717) is 18.5 Å². The van der Waals surface area contributed by atoms with Crippen LogP contribution in [0.2, 0.25) is 0 Å². The quantitative estimate of drug-likeness (QED) is 0.670. The van der Waals surface area contributed by atoms with Crippen LogP contribution in [0.1, 0.15) is 47.5 Å². The highest BCUT2D eigenvalue weighted by molar-refractivity contribution is 4.87. The molecule has 0 aromatic carbocycles. The number of β-amino-alcohol motifs (C(OH)–C–C–N with tert-alkyl or cyclic N) is 2. The van der Waals surface area contributed by atoms with Gasteiger partial charge in [0.25, 0.3) is 0 Å². The molecule has 0 spiro atoms. The molecule has 0 radical (unpaired) electrons. The molecule has 0 saturated carbocycles. The Labute approximate surface area is 100 Å². The van der Waals surface area contributed by atoms with Gasteiger partial charge in [0.15, 0.2) is 0 Å². The van der Waals surface area contributed by atoms with E-state index in [0.717, 1.165) is 12.8 Å². The summed E-state index contributed by atoms with van der Waals surface area (Å²) in [5.74, 6) is 0. The summed E-state index contributed by atoms with van der Waals surface area (Å²) in [5, 5.41) is 18.1. The van der Waals surface area contributed by atoms with Gasteiger partial charge in [-0.2, -0.15) is 0 Å². The summed E-state index contributed by atoms with van der Waals surface area (Å²) in [7, 11) is 0. The minimum absolute atomic E-state index is 0.0188. The molecule has 0 rings (SSSR count). The number of hydrogen-bond acceptors (Lipinski definition) is 3. The zero-order valence-corrected chi connectivity index (χ0v) is 11.6. The lowest BCUT2D eigenvalue weighted by Gasteiger charge is -2.43. The normalized spacial score (nSPS) is 13.5. The highest BCUT2D eigenvalue weighted by Crippen LogP contribution is 2.33. The van der Waals surface area contributed by atoms with Gasteiger partial charge >= 0.3 is 0 Å². The lowest BCUT2D eigenvalue weighted by Crippen LogP contribution is -2.49. The van der Waals surface area contributed by atoms with Crippen molar-refractivity contribution in [1.29, 1.82) is 0 Å². The van der Waals surface area contributed by atoms with Crippen LogP contribution in [0.15, 0.2) is 0 Å². The second-order valence-corrected chi connectivity index (χ2v) is 5.94. The minimum Gasteiger partial charge on any atom is -0.395 e. The molecule has 0 unspecified atom stereocenters. The molecule has 0 aliphatic heterocycles. The summed E-state index contributed by atoms with van der Waals surface area (Å²) in [4.78, 5) is 2.17. The zero-order valence-electron chi connectivity index (χ0n) is 11.6. The highest BCUT2D eigenvalue weighted by atomic mass is 16.3. The third kappa shape index (κ3) is 5.28. The molecule has 0 fully saturated rings. The third-order valence-corrected chi connectivity index (χ3v) is 3.46. The summed E-state index contributed by atoms with van der Waals surface area (Å²) < 4.78 is 0. The van der Waals surface area contributed by atoms with Gasteiger partial charge in [0.05, 0.1) is 13.2 Å². The van der Waals surface area contributed by atoms with Crippen LogP contribution in [0.3, 0.4) is 0 Å². The maximum Gasteiger partial charge on any atom is 0.0558 e. The predicted molar refractivity (Wildman–Crippen MR) is 68.5 cm³/mol. The van der Waals surface area contributed by atoms with Crippen molar-refractivity contribution in [2.24, 2.45) is 5.41 Å². The Bertz CT molecular complexity index is 184. The van der Waals surface area contributed by atoms with Gasteiger partial charge in [-0.25, -0.2) is 0 Å². The Kier molecular flexibility index (Phi) is 6.53. The molecule has 3 nitrogen and oxygen atoms in total. The fourth-order valence-corrected chi connectivity index (χ4v) is 2.37. The monoisotopic (exact) mass is 231 g/mol. The van der Waals surface area contributed by atoms with E-state index in [1.165, 1.54) is 0 Å². The largest absolute Gasteiger partial charge is 0.395 e. The van der Waals surface area contributed by atoms with Crippen LogP contribution in [0.4, 0.5) is 0 Å². The Morgan fingerprint density at radius 3 is 1.69 bits per heavy atom. The maximum atomic E-state index is 9.06. The topological polar surface area (TPSA) is 43.7 Å². The van der Waals surface area contributed by atoms with Gasteiger partial charge in [-0.3, -0.25) is 4.90 Å². The van der Waals surface area contributed by atoms with E-state index >= 15 is 0 Å². The van der Waals surface area contributed by atoms with Crippen molar-refractivity contribution >= 4 is 0 Å². The molecule has 0 atom stereocenters. The van der Waals surface area contributed by atoms with Crippen LogP contribution >= 0.6 is 0 Å². The smallest absolute Gasteiger partial charge is 0.0558 e. The molecule has 0 aromatic rings. The molecule has 0 heterocycles. The summed E-state index contributed by atoms with van der Waals surface area (Å²) in [5.41, 5.74) is 0.317. The van der Waals surface area contributed by atoms with E-state index < -0.39 is 0 Å². The molecule has 16 heavy (non-hydrogen) atoms. The zero-order chi connectivity index (χ0) is 12.8. The number of hydrogen-bond donors (Lipinski definition) is 2. The molecule has 0 bridgehead atoms. The van der Waals surface area contributed by atoms with E-state index in [1.54, 1.807) is 0 Å². The standard InChI is InChI=1S/C13H29NO2/c1-6-12(2,3)11-13(4,5)14(7-9-15)8-10-16/h15-16H,6-11H2,1-5H3. The number of nitrogens with zero attached hydrogens (tertiary/aromatic N) is 1. The summed E-state index contributed by atoms with van der Waals surface area (Å²) in [6.07, 6.45) is 2.21. The molecular weight excluding hydrogens is 202 g/mol. The van der Waals surface area contributed by atoms with Crippen molar-refractivity contribution in [1.82, 2.24) is 4.90 Å². The molecule has 0 saturated heterocycles. The molecule has 0 amide bonds. The molecule has 0 aliphatic carbocycles. The van der Waals surface area contributed by atoms with Crippen molar-refractivity contribution in [3.8, 4) is 0 Å². The average molecular weight is 231 g/mol. The number of aliphatic hydroxyl groups excluding tert-OH is 2. The van der Waals surface area contributed by atoms with Crippen molar-refractivity contribution < 1.29 is 10.2 Å². The molecular formula is C13H29NO2. The van der Waals surface area contributed by atoms with Crippen LogP contribution < -0.4 is 0 Å². The Morgan fingerprint density at radius 2 is 1.38 bits per heavy atom. The lowest BCUT2D eigenvalue weighted by atomic mass is 9.77. The first kappa shape index (κ1) is 15.9. The van der Waals surface area contributed by atoms with Gasteiger partial charge in [-0.05, 0) is 25.7 Å². The van der Waals surface area contributed by atoms with Crippen LogP contribution in [0.25, 0.3) is 0 Å². The Balaban J connectivity index is 4.56. The molecule has 2 N–H and O–H groups in total. The first-order valence-corrected chi connectivity index (χ1v) is 6.26. The van der Waals surface area contributed by atoms with Gasteiger partial charge < -0.3 is 10.2 Å². The molecule has 98 valence electrons. The molecule has 0 aromatic heterocycles. The van der Waals surface area contributed by atoms with E-state index in [4.69, 9.17) is 10.2 Å². The van der Waals surface area contributed by atoms with Gasteiger partial charge in [0.2, 0.25) is 0 Å². The summed E-state index contributed by atoms with van der Waals surface area (Å²) in [6.45, 7) is 12.7. The van der Waals surface area contributed by atoms with E-state index in [-0.39, 0.29) is 18.8 Å². The number of aliphatic hydroxyl groups is 2. The fraction of sp³-hybridized carbons (Fsp3) is 1.00. The van der Waals surface area contributed by atoms with Gasteiger partial charge in [0.1, 0.15) is 0 Å². The van der Waals surface area contributed by atoms with Gasteiger partial charge in [-0.1, -0.05) is 27.2 Å². The van der Waals surface area contributed by atoms with Crippen LogP contribution in [-0.4, -0.2) is 47.0 Å². The Morgan fingerprint density at radius 1 is 0.938 bits per heavy atom. The third-order valence-electron chi connectivity index (χ3n) is 3.46. The second-order valence-electron chi connectivity index (χ2n) is 5.94. The maximum absolute atomic E-state index is 9.06. The molecule has 0 aliphatic rings. The van der Waals surface area contributed by atoms with Crippen molar-refractivity contribution in [2.45, 2.75) is 53.0 Å². The summed E-state index contributed by atoms with van der Waals surface area (Å²) in [6, 6.07) is 0. The average Bonchev–Trinajstić information content (AvgIpc) is 2.16. The predicted octanol–water partition coefficient (Wildman–Crippen LogP) is 1.88. The first-order chi connectivity index (χ1) is 7.29.